The third-order valence-corrected chi connectivity index (χ3v) is 5.84. The van der Waals surface area contributed by atoms with Crippen LogP contribution in [0.5, 0.6) is 5.75 Å². The molecule has 4 nitrogen and oxygen atoms in total. The van der Waals surface area contributed by atoms with E-state index in [0.29, 0.717) is 31.0 Å². The first-order valence-electron chi connectivity index (χ1n) is 7.84. The minimum absolute atomic E-state index is 0.148. The highest BCUT2D eigenvalue weighted by Crippen LogP contribution is 2.34. The van der Waals surface area contributed by atoms with Gasteiger partial charge in [-0.15, -0.1) is 0 Å². The lowest BCUT2D eigenvalue weighted by molar-refractivity contribution is 0.315. The van der Waals surface area contributed by atoms with Gasteiger partial charge in [0.15, 0.2) is 0 Å². The van der Waals surface area contributed by atoms with Crippen molar-refractivity contribution in [3.05, 3.63) is 59.7 Å². The quantitative estimate of drug-likeness (QED) is 0.845. The molecule has 0 saturated carbocycles. The van der Waals surface area contributed by atoms with Crippen LogP contribution in [-0.4, -0.2) is 27.3 Å². The zero-order valence-electron chi connectivity index (χ0n) is 13.2. The number of anilines is 1. The second-order valence-corrected chi connectivity index (χ2v) is 7.81. The van der Waals surface area contributed by atoms with Gasteiger partial charge in [-0.05, 0) is 43.0 Å². The Morgan fingerprint density at radius 3 is 2.70 bits per heavy atom. The first-order valence-corrected chi connectivity index (χ1v) is 9.45. The second kappa shape index (κ2) is 6.62. The van der Waals surface area contributed by atoms with Crippen LogP contribution >= 0.6 is 0 Å². The molecule has 0 N–H and O–H groups in total. The minimum Gasteiger partial charge on any atom is -0.489 e. The maximum atomic E-state index is 12.7. The molecule has 0 aromatic heterocycles. The lowest BCUT2D eigenvalue weighted by Gasteiger charge is -2.30. The fraction of sp³-hybridized carbons (Fsp3) is 0.333. The zero-order chi connectivity index (χ0) is 16.3. The smallest absolute Gasteiger partial charge is 0.235 e. The molecule has 23 heavy (non-hydrogen) atoms. The van der Waals surface area contributed by atoms with Crippen molar-refractivity contribution in [1.82, 2.24) is 0 Å². The van der Waals surface area contributed by atoms with Crippen LogP contribution in [0.15, 0.2) is 48.5 Å². The Balaban J connectivity index is 1.72. The van der Waals surface area contributed by atoms with Crippen LogP contribution in [-0.2, 0) is 16.4 Å². The van der Waals surface area contributed by atoms with Crippen molar-refractivity contribution in [2.75, 3.05) is 23.2 Å². The van der Waals surface area contributed by atoms with Crippen LogP contribution in [0, 0.1) is 6.92 Å². The van der Waals surface area contributed by atoms with Crippen LogP contribution in [0.3, 0.4) is 0 Å². The lowest BCUT2D eigenvalue weighted by Crippen LogP contribution is -2.39. The molecule has 5 heteroatoms. The number of aryl methyl sites for hydroxylation is 2. The Kier molecular flexibility index (Phi) is 4.57. The highest BCUT2D eigenvalue weighted by Gasteiger charge is 2.28. The van der Waals surface area contributed by atoms with Crippen molar-refractivity contribution in [2.24, 2.45) is 0 Å². The number of fused-ring (bicyclic) bond motifs is 1. The van der Waals surface area contributed by atoms with Crippen LogP contribution in [0.4, 0.5) is 5.69 Å². The van der Waals surface area contributed by atoms with Gasteiger partial charge in [0.1, 0.15) is 12.4 Å². The first-order chi connectivity index (χ1) is 11.1. The average molecular weight is 331 g/mol. The monoisotopic (exact) mass is 331 g/mol. The van der Waals surface area contributed by atoms with Crippen LogP contribution in [0.2, 0.25) is 0 Å². The summed E-state index contributed by atoms with van der Waals surface area (Å²) in [5.41, 5.74) is 2.86. The third-order valence-electron chi connectivity index (χ3n) is 3.98. The predicted molar refractivity (Wildman–Crippen MR) is 92.6 cm³/mol. The maximum Gasteiger partial charge on any atom is 0.235 e. The van der Waals surface area contributed by atoms with Gasteiger partial charge in [0.2, 0.25) is 10.0 Å². The number of hydrogen-bond donors (Lipinski definition) is 0. The van der Waals surface area contributed by atoms with Crippen molar-refractivity contribution in [3.8, 4) is 5.75 Å². The molecule has 1 aliphatic heterocycles. The van der Waals surface area contributed by atoms with Gasteiger partial charge in [-0.3, -0.25) is 4.31 Å². The molecule has 0 unspecified atom stereocenters. The summed E-state index contributed by atoms with van der Waals surface area (Å²) in [6.07, 6.45) is 1.38. The topological polar surface area (TPSA) is 46.6 Å². The van der Waals surface area contributed by atoms with E-state index in [1.807, 2.05) is 55.5 Å². The molecule has 122 valence electrons. The maximum absolute atomic E-state index is 12.7. The van der Waals surface area contributed by atoms with Gasteiger partial charge in [0, 0.05) is 0 Å². The predicted octanol–water partition coefficient (Wildman–Crippen LogP) is 3.16. The largest absolute Gasteiger partial charge is 0.489 e. The Bertz CT molecular complexity index is 772. The summed E-state index contributed by atoms with van der Waals surface area (Å²) in [6, 6.07) is 15.6. The SMILES string of the molecule is Cc1ccc2c(c1)N(S(=O)(=O)CCCc1ccccc1)CCO2. The van der Waals surface area contributed by atoms with E-state index in [4.69, 9.17) is 4.74 Å². The van der Waals surface area contributed by atoms with Crippen LogP contribution in [0.25, 0.3) is 0 Å². The van der Waals surface area contributed by atoms with E-state index in [-0.39, 0.29) is 5.75 Å². The molecule has 0 amide bonds. The Morgan fingerprint density at radius 1 is 1.13 bits per heavy atom. The first kappa shape index (κ1) is 15.9. The fourth-order valence-electron chi connectivity index (χ4n) is 2.81. The molecule has 0 fully saturated rings. The molecule has 0 bridgehead atoms. The van der Waals surface area contributed by atoms with Gasteiger partial charge >= 0.3 is 0 Å². The van der Waals surface area contributed by atoms with Crippen molar-refractivity contribution in [2.45, 2.75) is 19.8 Å². The van der Waals surface area contributed by atoms with Gasteiger partial charge in [0.05, 0.1) is 18.0 Å². The van der Waals surface area contributed by atoms with E-state index in [1.165, 1.54) is 9.87 Å². The van der Waals surface area contributed by atoms with Crippen molar-refractivity contribution in [1.29, 1.82) is 0 Å². The molecule has 1 heterocycles. The van der Waals surface area contributed by atoms with Gasteiger partial charge in [0.25, 0.3) is 0 Å². The normalized spacial score (nSPS) is 14.2. The highest BCUT2D eigenvalue weighted by atomic mass is 32.2. The number of ether oxygens (including phenoxy) is 1. The standard InChI is InChI=1S/C18H21NO3S/c1-15-9-10-18-17(14-15)19(11-12-22-18)23(20,21)13-5-8-16-6-3-2-4-7-16/h2-4,6-7,9-10,14H,5,8,11-13H2,1H3. The molecule has 2 aromatic carbocycles. The van der Waals surface area contributed by atoms with Crippen LogP contribution in [0.1, 0.15) is 17.5 Å². The number of rotatable bonds is 5. The molecule has 0 radical (unpaired) electrons. The molecule has 0 saturated heterocycles. The molecule has 2 aromatic rings. The van der Waals surface area contributed by atoms with Crippen molar-refractivity contribution in [3.63, 3.8) is 0 Å². The van der Waals surface area contributed by atoms with Crippen molar-refractivity contribution < 1.29 is 13.2 Å². The molecule has 3 rings (SSSR count). The zero-order valence-corrected chi connectivity index (χ0v) is 14.1. The van der Waals surface area contributed by atoms with Gasteiger partial charge in [-0.25, -0.2) is 8.42 Å². The summed E-state index contributed by atoms with van der Waals surface area (Å²) in [5, 5.41) is 0. The molecule has 1 aliphatic rings. The fourth-order valence-corrected chi connectivity index (χ4v) is 4.33. The summed E-state index contributed by atoms with van der Waals surface area (Å²) < 4.78 is 32.5. The Hall–Kier alpha value is -2.01. The van der Waals surface area contributed by atoms with E-state index >= 15 is 0 Å². The highest BCUT2D eigenvalue weighted by molar-refractivity contribution is 7.92. The van der Waals surface area contributed by atoms with E-state index in [9.17, 15) is 8.42 Å². The lowest BCUT2D eigenvalue weighted by atomic mass is 10.1. The van der Waals surface area contributed by atoms with Crippen molar-refractivity contribution >= 4 is 15.7 Å². The molecular weight excluding hydrogens is 310 g/mol. The summed E-state index contributed by atoms with van der Waals surface area (Å²) in [7, 11) is -3.33. The molecule has 0 atom stereocenters. The van der Waals surface area contributed by atoms with E-state index in [0.717, 1.165) is 12.0 Å². The summed E-state index contributed by atoms with van der Waals surface area (Å²) >= 11 is 0. The van der Waals surface area contributed by atoms with E-state index in [1.54, 1.807) is 0 Å². The summed E-state index contributed by atoms with van der Waals surface area (Å²) in [6.45, 7) is 2.73. The average Bonchev–Trinajstić information content (AvgIpc) is 2.55. The van der Waals surface area contributed by atoms with Gasteiger partial charge in [-0.1, -0.05) is 36.4 Å². The Labute approximate surface area is 137 Å². The van der Waals surface area contributed by atoms with E-state index < -0.39 is 10.0 Å². The number of benzene rings is 2. The minimum atomic E-state index is -3.33. The second-order valence-electron chi connectivity index (χ2n) is 5.80. The van der Waals surface area contributed by atoms with E-state index in [2.05, 4.69) is 0 Å². The third kappa shape index (κ3) is 3.67. The molecule has 0 aliphatic carbocycles. The summed E-state index contributed by atoms with van der Waals surface area (Å²) in [4.78, 5) is 0. The van der Waals surface area contributed by atoms with Gasteiger partial charge in [-0.2, -0.15) is 0 Å². The molecular formula is C18H21NO3S. The number of hydrogen-bond acceptors (Lipinski definition) is 3. The Morgan fingerprint density at radius 2 is 1.91 bits per heavy atom. The number of sulfonamides is 1. The molecule has 0 spiro atoms. The number of nitrogens with zero attached hydrogens (tertiary/aromatic N) is 1. The van der Waals surface area contributed by atoms with Gasteiger partial charge < -0.3 is 4.74 Å². The summed E-state index contributed by atoms with van der Waals surface area (Å²) in [5.74, 6) is 0.795. The van der Waals surface area contributed by atoms with Crippen LogP contribution < -0.4 is 9.04 Å².